The Morgan fingerprint density at radius 3 is 2.87 bits per heavy atom. The molecule has 0 aromatic carbocycles. The number of amides is 1. The van der Waals surface area contributed by atoms with Crippen molar-refractivity contribution in [3.8, 4) is 0 Å². The van der Waals surface area contributed by atoms with E-state index in [2.05, 4.69) is 12.2 Å². The number of nitrogens with one attached hydrogen (secondary N) is 1. The molecule has 0 aliphatic carbocycles. The van der Waals surface area contributed by atoms with Gasteiger partial charge in [-0.05, 0) is 13.2 Å². The first-order valence-corrected chi connectivity index (χ1v) is 6.56. The molecular formula is C10H21ClN2OS. The highest BCUT2D eigenvalue weighted by molar-refractivity contribution is 7.98. The summed E-state index contributed by atoms with van der Waals surface area (Å²) in [5.74, 6) is 1.40. The largest absolute Gasteiger partial charge is 0.337 e. The molecule has 1 rings (SSSR count). The number of halogens is 1. The van der Waals surface area contributed by atoms with Gasteiger partial charge in [0.2, 0.25) is 5.91 Å². The Balaban J connectivity index is 0.00000196. The lowest BCUT2D eigenvalue weighted by molar-refractivity contribution is -0.137. The normalized spacial score (nSPS) is 23.1. The Morgan fingerprint density at radius 1 is 1.67 bits per heavy atom. The van der Waals surface area contributed by atoms with Crippen molar-refractivity contribution in [2.45, 2.75) is 19.9 Å². The molecule has 1 aliphatic heterocycles. The summed E-state index contributed by atoms with van der Waals surface area (Å²) in [6.07, 6.45) is 2.05. The summed E-state index contributed by atoms with van der Waals surface area (Å²) in [7, 11) is 0. The third kappa shape index (κ3) is 4.21. The number of piperazine rings is 1. The second-order valence-corrected chi connectivity index (χ2v) is 4.85. The van der Waals surface area contributed by atoms with Crippen molar-refractivity contribution >= 4 is 30.1 Å². The van der Waals surface area contributed by atoms with Crippen LogP contribution in [0.4, 0.5) is 0 Å². The first-order chi connectivity index (χ1) is 6.66. The quantitative estimate of drug-likeness (QED) is 0.820. The number of hydrogen-bond acceptors (Lipinski definition) is 3. The molecule has 0 aromatic rings. The van der Waals surface area contributed by atoms with Gasteiger partial charge in [-0.3, -0.25) is 4.79 Å². The van der Waals surface area contributed by atoms with Gasteiger partial charge in [-0.25, -0.2) is 0 Å². The molecule has 0 bridgehead atoms. The van der Waals surface area contributed by atoms with Gasteiger partial charge in [0.05, 0.1) is 0 Å². The third-order valence-electron chi connectivity index (χ3n) is 2.62. The van der Waals surface area contributed by atoms with E-state index in [0.717, 1.165) is 25.4 Å². The molecule has 1 N–H and O–H groups in total. The molecule has 90 valence electrons. The molecule has 1 saturated heterocycles. The summed E-state index contributed by atoms with van der Waals surface area (Å²) < 4.78 is 0. The zero-order chi connectivity index (χ0) is 10.6. The molecular weight excluding hydrogens is 232 g/mol. The van der Waals surface area contributed by atoms with Gasteiger partial charge in [0.1, 0.15) is 0 Å². The molecule has 1 heterocycles. The van der Waals surface area contributed by atoms with Crippen molar-refractivity contribution in [2.75, 3.05) is 31.6 Å². The van der Waals surface area contributed by atoms with Crippen LogP contribution in [0.5, 0.6) is 0 Å². The molecule has 0 saturated carbocycles. The molecule has 3 nitrogen and oxygen atoms in total. The minimum atomic E-state index is 0. The van der Waals surface area contributed by atoms with E-state index in [1.807, 2.05) is 18.1 Å². The molecule has 0 spiro atoms. The van der Waals surface area contributed by atoms with E-state index in [0.29, 0.717) is 11.9 Å². The van der Waals surface area contributed by atoms with Crippen molar-refractivity contribution in [3.63, 3.8) is 0 Å². The first-order valence-electron chi connectivity index (χ1n) is 5.17. The van der Waals surface area contributed by atoms with E-state index < -0.39 is 0 Å². The van der Waals surface area contributed by atoms with Crippen LogP contribution in [-0.4, -0.2) is 48.5 Å². The molecule has 5 heteroatoms. The fourth-order valence-corrected chi connectivity index (χ4v) is 2.42. The van der Waals surface area contributed by atoms with Gasteiger partial charge in [-0.15, -0.1) is 12.4 Å². The predicted molar refractivity (Wildman–Crippen MR) is 68.8 cm³/mol. The van der Waals surface area contributed by atoms with Crippen molar-refractivity contribution in [3.05, 3.63) is 0 Å². The van der Waals surface area contributed by atoms with Crippen LogP contribution in [0, 0.1) is 5.92 Å². The van der Waals surface area contributed by atoms with Gasteiger partial charge in [0.25, 0.3) is 0 Å². The smallest absolute Gasteiger partial charge is 0.226 e. The number of nitrogens with zero attached hydrogens (tertiary/aromatic N) is 1. The zero-order valence-corrected chi connectivity index (χ0v) is 11.3. The van der Waals surface area contributed by atoms with Gasteiger partial charge < -0.3 is 10.2 Å². The second-order valence-electron chi connectivity index (χ2n) is 3.94. The van der Waals surface area contributed by atoms with Crippen molar-refractivity contribution in [2.24, 2.45) is 5.92 Å². The molecule has 1 amide bonds. The standard InChI is InChI=1S/C10H20N2OS.ClH/c1-8(7-14-3)10(13)12-5-4-11-6-9(12)2;/h8-9,11H,4-7H2,1-3H3;1H/t8?,9-;/m0./s1. The van der Waals surface area contributed by atoms with Gasteiger partial charge >= 0.3 is 0 Å². The second kappa shape index (κ2) is 7.36. The predicted octanol–water partition coefficient (Wildman–Crippen LogP) is 1.23. The average molecular weight is 253 g/mol. The van der Waals surface area contributed by atoms with Crippen LogP contribution in [0.3, 0.4) is 0 Å². The Labute approximate surface area is 103 Å². The van der Waals surface area contributed by atoms with E-state index in [1.165, 1.54) is 0 Å². The van der Waals surface area contributed by atoms with Gasteiger partial charge in [0.15, 0.2) is 0 Å². The van der Waals surface area contributed by atoms with E-state index >= 15 is 0 Å². The minimum absolute atomic E-state index is 0. The topological polar surface area (TPSA) is 32.3 Å². The van der Waals surface area contributed by atoms with E-state index in [4.69, 9.17) is 0 Å². The monoisotopic (exact) mass is 252 g/mol. The van der Waals surface area contributed by atoms with Gasteiger partial charge in [0, 0.05) is 37.3 Å². The molecule has 1 aliphatic rings. The van der Waals surface area contributed by atoms with Crippen molar-refractivity contribution in [1.82, 2.24) is 10.2 Å². The van der Waals surface area contributed by atoms with Crippen LogP contribution >= 0.6 is 24.2 Å². The Morgan fingerprint density at radius 2 is 2.33 bits per heavy atom. The summed E-state index contributed by atoms with van der Waals surface area (Å²) in [6.45, 7) is 6.85. The number of carbonyl (C=O) groups excluding carboxylic acids is 1. The van der Waals surface area contributed by atoms with Crippen molar-refractivity contribution < 1.29 is 4.79 Å². The molecule has 1 unspecified atom stereocenters. The molecule has 1 fully saturated rings. The fraction of sp³-hybridized carbons (Fsp3) is 0.900. The van der Waals surface area contributed by atoms with Crippen LogP contribution in [0.15, 0.2) is 0 Å². The Bertz CT molecular complexity index is 204. The average Bonchev–Trinajstić information content (AvgIpc) is 2.18. The fourth-order valence-electron chi connectivity index (χ4n) is 1.77. The van der Waals surface area contributed by atoms with Crippen LogP contribution in [0.2, 0.25) is 0 Å². The highest BCUT2D eigenvalue weighted by atomic mass is 35.5. The van der Waals surface area contributed by atoms with Crippen LogP contribution in [-0.2, 0) is 4.79 Å². The SMILES string of the molecule is CSCC(C)C(=O)N1CCNC[C@@H]1C.Cl. The maximum absolute atomic E-state index is 12.0. The summed E-state index contributed by atoms with van der Waals surface area (Å²) in [6, 6.07) is 0.348. The molecule has 2 atom stereocenters. The number of carbonyl (C=O) groups is 1. The number of thioether (sulfide) groups is 1. The third-order valence-corrected chi connectivity index (χ3v) is 3.46. The van der Waals surface area contributed by atoms with E-state index in [1.54, 1.807) is 11.8 Å². The highest BCUT2D eigenvalue weighted by Gasteiger charge is 2.26. The lowest BCUT2D eigenvalue weighted by atomic mass is 10.1. The Hall–Kier alpha value is 0.0700. The van der Waals surface area contributed by atoms with Gasteiger partial charge in [-0.1, -0.05) is 6.92 Å². The number of rotatable bonds is 3. The lowest BCUT2D eigenvalue weighted by Gasteiger charge is -2.35. The molecule has 0 aromatic heterocycles. The summed E-state index contributed by atoms with van der Waals surface area (Å²) >= 11 is 1.74. The van der Waals surface area contributed by atoms with Crippen LogP contribution in [0.25, 0.3) is 0 Å². The van der Waals surface area contributed by atoms with Crippen LogP contribution < -0.4 is 5.32 Å². The van der Waals surface area contributed by atoms with E-state index in [-0.39, 0.29) is 18.3 Å². The minimum Gasteiger partial charge on any atom is -0.337 e. The van der Waals surface area contributed by atoms with E-state index in [9.17, 15) is 4.79 Å². The maximum atomic E-state index is 12.0. The Kier molecular flexibility index (Phi) is 7.40. The maximum Gasteiger partial charge on any atom is 0.226 e. The lowest BCUT2D eigenvalue weighted by Crippen LogP contribution is -2.53. The van der Waals surface area contributed by atoms with Crippen LogP contribution in [0.1, 0.15) is 13.8 Å². The van der Waals surface area contributed by atoms with Gasteiger partial charge in [-0.2, -0.15) is 11.8 Å². The summed E-state index contributed by atoms with van der Waals surface area (Å²) in [4.78, 5) is 14.0. The molecule has 15 heavy (non-hydrogen) atoms. The molecule has 0 radical (unpaired) electrons. The highest BCUT2D eigenvalue weighted by Crippen LogP contribution is 2.12. The number of hydrogen-bond donors (Lipinski definition) is 1. The van der Waals surface area contributed by atoms with Crippen molar-refractivity contribution in [1.29, 1.82) is 0 Å². The summed E-state index contributed by atoms with van der Waals surface area (Å²) in [5.41, 5.74) is 0. The first kappa shape index (κ1) is 15.1. The zero-order valence-electron chi connectivity index (χ0n) is 9.66. The summed E-state index contributed by atoms with van der Waals surface area (Å²) in [5, 5.41) is 3.29.